The molecule has 0 aliphatic carbocycles. The van der Waals surface area contributed by atoms with Crippen LogP contribution in [0.15, 0.2) is 30.0 Å². The van der Waals surface area contributed by atoms with Crippen molar-refractivity contribution < 1.29 is 32.6 Å². The van der Waals surface area contributed by atoms with Crippen LogP contribution in [0.1, 0.15) is 5.56 Å². The fourth-order valence-corrected chi connectivity index (χ4v) is 1.60. The van der Waals surface area contributed by atoms with Crippen LogP contribution in [0.3, 0.4) is 0 Å². The van der Waals surface area contributed by atoms with E-state index in [-0.39, 0.29) is 11.4 Å². The number of rotatable bonds is 7. The first-order chi connectivity index (χ1) is 10.9. The van der Waals surface area contributed by atoms with Gasteiger partial charge in [-0.05, 0) is 30.7 Å². The van der Waals surface area contributed by atoms with Gasteiger partial charge >= 0.3 is 11.9 Å². The topological polar surface area (TPSA) is 73.9 Å². The van der Waals surface area contributed by atoms with Crippen molar-refractivity contribution in [2.24, 2.45) is 0 Å². The number of ether oxygens (including phenoxy) is 3. The number of halogens is 2. The Hall–Kier alpha value is -2.64. The number of carbonyl (C=O) groups excluding carboxylic acids is 2. The molecule has 8 heteroatoms. The van der Waals surface area contributed by atoms with E-state index in [0.29, 0.717) is 11.3 Å². The van der Waals surface area contributed by atoms with Crippen molar-refractivity contribution in [2.45, 2.75) is 13.3 Å². The first-order valence-corrected chi connectivity index (χ1v) is 6.54. The number of aryl methyl sites for hydroxylation is 1. The lowest BCUT2D eigenvalue weighted by atomic mass is 10.2. The molecule has 126 valence electrons. The number of methoxy groups -OCH3 is 2. The van der Waals surface area contributed by atoms with E-state index in [1.807, 2.05) is 0 Å². The Balaban J connectivity index is 2.94. The van der Waals surface area contributed by atoms with E-state index in [0.717, 1.165) is 6.08 Å². The summed E-state index contributed by atoms with van der Waals surface area (Å²) in [7, 11) is 2.34. The van der Waals surface area contributed by atoms with Crippen molar-refractivity contribution >= 4 is 17.6 Å². The number of carbonyl (C=O) groups is 2. The molecule has 0 saturated heterocycles. The quantitative estimate of drug-likeness (QED) is 0.611. The zero-order valence-corrected chi connectivity index (χ0v) is 12.9. The average molecular weight is 329 g/mol. The fraction of sp³-hybridized carbons (Fsp3) is 0.333. The highest BCUT2D eigenvalue weighted by Crippen LogP contribution is 2.23. The molecule has 1 aromatic carbocycles. The highest BCUT2D eigenvalue weighted by Gasteiger charge is 2.14. The SMILES string of the molecule is COC(=O)/C=C(/Nc1ccc(OCC(F)F)cc1C)C(=O)OC. The summed E-state index contributed by atoms with van der Waals surface area (Å²) in [5.41, 5.74) is 0.982. The Labute approximate surface area is 132 Å². The lowest BCUT2D eigenvalue weighted by Gasteiger charge is -2.13. The van der Waals surface area contributed by atoms with Crippen LogP contribution in [0, 0.1) is 6.92 Å². The smallest absolute Gasteiger partial charge is 0.354 e. The fourth-order valence-electron chi connectivity index (χ4n) is 1.60. The molecule has 0 bridgehead atoms. The van der Waals surface area contributed by atoms with Gasteiger partial charge < -0.3 is 19.5 Å². The van der Waals surface area contributed by atoms with E-state index in [9.17, 15) is 18.4 Å². The van der Waals surface area contributed by atoms with Gasteiger partial charge in [0, 0.05) is 5.69 Å². The summed E-state index contributed by atoms with van der Waals surface area (Å²) in [6.07, 6.45) is -1.62. The minimum absolute atomic E-state index is 0.122. The summed E-state index contributed by atoms with van der Waals surface area (Å²) in [5.74, 6) is -1.22. The van der Waals surface area contributed by atoms with E-state index < -0.39 is 25.0 Å². The monoisotopic (exact) mass is 329 g/mol. The van der Waals surface area contributed by atoms with Crippen LogP contribution in [0.4, 0.5) is 14.5 Å². The molecule has 0 aliphatic rings. The molecule has 23 heavy (non-hydrogen) atoms. The van der Waals surface area contributed by atoms with Gasteiger partial charge in [0.05, 0.1) is 20.3 Å². The van der Waals surface area contributed by atoms with Gasteiger partial charge in [0.15, 0.2) is 0 Å². The van der Waals surface area contributed by atoms with Crippen LogP contribution in [0.2, 0.25) is 0 Å². The maximum Gasteiger partial charge on any atom is 0.354 e. The summed E-state index contributed by atoms with van der Waals surface area (Å²) in [6, 6.07) is 4.52. The molecule has 0 heterocycles. The number of alkyl halides is 2. The third kappa shape index (κ3) is 5.93. The molecule has 0 fully saturated rings. The second-order valence-electron chi connectivity index (χ2n) is 4.38. The molecular weight excluding hydrogens is 312 g/mol. The second kappa shape index (κ2) is 8.72. The molecule has 1 N–H and O–H groups in total. The molecule has 0 spiro atoms. The Morgan fingerprint density at radius 1 is 1.26 bits per heavy atom. The first-order valence-electron chi connectivity index (χ1n) is 6.54. The van der Waals surface area contributed by atoms with Crippen LogP contribution in [0.25, 0.3) is 0 Å². The maximum absolute atomic E-state index is 12.1. The van der Waals surface area contributed by atoms with Gasteiger partial charge in [-0.3, -0.25) is 0 Å². The number of esters is 2. The summed E-state index contributed by atoms with van der Waals surface area (Å²) in [5, 5.41) is 2.74. The van der Waals surface area contributed by atoms with Crippen molar-refractivity contribution in [3.8, 4) is 5.75 Å². The normalized spacial score (nSPS) is 11.1. The highest BCUT2D eigenvalue weighted by molar-refractivity contribution is 5.98. The Bertz CT molecular complexity index is 602. The lowest BCUT2D eigenvalue weighted by molar-refractivity contribution is -0.138. The second-order valence-corrected chi connectivity index (χ2v) is 4.38. The summed E-state index contributed by atoms with van der Waals surface area (Å²) < 4.78 is 38.2. The molecule has 1 rings (SSSR count). The van der Waals surface area contributed by atoms with Crippen molar-refractivity contribution in [3.05, 3.63) is 35.5 Å². The molecule has 0 atom stereocenters. The van der Waals surface area contributed by atoms with Gasteiger partial charge in [0.2, 0.25) is 0 Å². The third-order valence-electron chi connectivity index (χ3n) is 2.71. The van der Waals surface area contributed by atoms with Crippen LogP contribution in [-0.4, -0.2) is 39.2 Å². The Kier molecular flexibility index (Phi) is 6.98. The van der Waals surface area contributed by atoms with Crippen LogP contribution < -0.4 is 10.1 Å². The third-order valence-corrected chi connectivity index (χ3v) is 2.71. The van der Waals surface area contributed by atoms with Crippen molar-refractivity contribution in [2.75, 3.05) is 26.1 Å². The minimum Gasteiger partial charge on any atom is -0.488 e. The van der Waals surface area contributed by atoms with Gasteiger partial charge in [-0.15, -0.1) is 0 Å². The van der Waals surface area contributed by atoms with Gasteiger partial charge in [0.25, 0.3) is 6.43 Å². The van der Waals surface area contributed by atoms with Gasteiger partial charge in [-0.2, -0.15) is 0 Å². The van der Waals surface area contributed by atoms with Crippen molar-refractivity contribution in [1.82, 2.24) is 0 Å². The van der Waals surface area contributed by atoms with Gasteiger partial charge in [-0.25, -0.2) is 18.4 Å². The molecule has 0 radical (unpaired) electrons. The minimum atomic E-state index is -2.57. The molecule has 0 saturated carbocycles. The predicted octanol–water partition coefficient (Wildman–Crippen LogP) is 2.28. The molecule has 0 aliphatic heterocycles. The lowest BCUT2D eigenvalue weighted by Crippen LogP contribution is -2.16. The van der Waals surface area contributed by atoms with E-state index in [4.69, 9.17) is 4.74 Å². The standard InChI is InChI=1S/C15H17F2NO5/c1-9-6-10(23-8-13(16)17)4-5-11(9)18-12(15(20)22-3)7-14(19)21-2/h4-7,13,18H,8H2,1-3H3/b12-7+. The van der Waals surface area contributed by atoms with E-state index in [1.54, 1.807) is 6.92 Å². The summed E-state index contributed by atoms with van der Waals surface area (Å²) in [4.78, 5) is 22.9. The van der Waals surface area contributed by atoms with Crippen molar-refractivity contribution in [1.29, 1.82) is 0 Å². The Morgan fingerprint density at radius 2 is 1.96 bits per heavy atom. The Morgan fingerprint density at radius 3 is 2.48 bits per heavy atom. The van der Waals surface area contributed by atoms with E-state index in [1.165, 1.54) is 32.4 Å². The molecule has 0 amide bonds. The maximum atomic E-state index is 12.1. The van der Waals surface area contributed by atoms with Crippen LogP contribution >= 0.6 is 0 Å². The first kappa shape index (κ1) is 18.4. The summed E-state index contributed by atoms with van der Waals surface area (Å²) >= 11 is 0. The van der Waals surface area contributed by atoms with E-state index in [2.05, 4.69) is 14.8 Å². The van der Waals surface area contributed by atoms with Gasteiger partial charge in [-0.1, -0.05) is 0 Å². The highest BCUT2D eigenvalue weighted by atomic mass is 19.3. The number of benzene rings is 1. The molecule has 0 unspecified atom stereocenters. The predicted molar refractivity (Wildman–Crippen MR) is 78.4 cm³/mol. The molecule has 1 aromatic rings. The molecule has 6 nitrogen and oxygen atoms in total. The summed E-state index contributed by atoms with van der Waals surface area (Å²) in [6.45, 7) is 0.979. The average Bonchev–Trinajstić information content (AvgIpc) is 2.53. The number of nitrogens with one attached hydrogen (secondary N) is 1. The zero-order chi connectivity index (χ0) is 17.4. The van der Waals surface area contributed by atoms with Gasteiger partial charge in [0.1, 0.15) is 18.1 Å². The zero-order valence-electron chi connectivity index (χ0n) is 12.9. The number of hydrogen-bond acceptors (Lipinski definition) is 6. The van der Waals surface area contributed by atoms with Crippen LogP contribution in [-0.2, 0) is 19.1 Å². The number of hydrogen-bond donors (Lipinski definition) is 1. The molecular formula is C15H17F2NO5. The number of anilines is 1. The largest absolute Gasteiger partial charge is 0.488 e. The van der Waals surface area contributed by atoms with E-state index >= 15 is 0 Å². The van der Waals surface area contributed by atoms with Crippen molar-refractivity contribution in [3.63, 3.8) is 0 Å². The molecule has 0 aromatic heterocycles. The van der Waals surface area contributed by atoms with Crippen LogP contribution in [0.5, 0.6) is 5.75 Å².